The molecule has 0 N–H and O–H groups in total. The van der Waals surface area contributed by atoms with Gasteiger partial charge in [0.15, 0.2) is 0 Å². The maximum absolute atomic E-state index is 12.8. The average Bonchev–Trinajstić information content (AvgIpc) is 3.25. The number of ether oxygens (including phenoxy) is 9. The summed E-state index contributed by atoms with van der Waals surface area (Å²) in [6, 6.07) is 13.2. The van der Waals surface area contributed by atoms with Crippen molar-refractivity contribution in [3.8, 4) is 34.5 Å². The maximum atomic E-state index is 12.8. The minimum absolute atomic E-state index is 0.0184. The molecule has 21 nitrogen and oxygen atoms in total. The Bertz CT molecular complexity index is 1630. The summed E-state index contributed by atoms with van der Waals surface area (Å²) in [5.41, 5.74) is -2.27. The highest BCUT2D eigenvalue weighted by molar-refractivity contribution is 5.97. The van der Waals surface area contributed by atoms with Crippen LogP contribution in [0.1, 0.15) is 50.8 Å². The predicted octanol–water partition coefficient (Wildman–Crippen LogP) is 5.60. The Balaban J connectivity index is 1.74. The molecule has 0 aliphatic carbocycles. The summed E-state index contributed by atoms with van der Waals surface area (Å²) in [5, 5.41) is 0. The monoisotopic (exact) mass is 820 g/mol. The summed E-state index contributed by atoms with van der Waals surface area (Å²) in [7, 11) is 7.71. The fraction of sp³-hybridized carbons (Fsp3) is 0.351. The van der Waals surface area contributed by atoms with Gasteiger partial charge in [-0.3, -0.25) is 0 Å². The van der Waals surface area contributed by atoms with E-state index in [1.165, 1.54) is 97.3 Å². The Kier molecular flexibility index (Phi) is 17.3. The molecule has 0 amide bonds. The lowest BCUT2D eigenvalue weighted by molar-refractivity contribution is -0.217. The highest BCUT2D eigenvalue weighted by Gasteiger charge is 2.37. The van der Waals surface area contributed by atoms with E-state index in [1.54, 1.807) is 6.92 Å². The van der Waals surface area contributed by atoms with E-state index in [4.69, 9.17) is 42.6 Å². The van der Waals surface area contributed by atoms with Gasteiger partial charge in [-0.15, -0.1) is 0 Å². The number of carbonyl (C=O) groups excluding carboxylic acids is 6. The van der Waals surface area contributed by atoms with Crippen LogP contribution in [-0.4, -0.2) is 98.9 Å². The first-order chi connectivity index (χ1) is 27.9. The summed E-state index contributed by atoms with van der Waals surface area (Å²) in [5.74, 6) is -3.34. The van der Waals surface area contributed by atoms with E-state index in [-0.39, 0.29) is 64.0 Å². The molecular formula is C37H40O21. The SMILES string of the molecule is CCCC(COC(=O)OOC(=O)c1c(OC)cccc1OC)(COC(=O)OOC(=O)c1c(OC)cccc1OC)COC(=O)OOC(=O)c1c(OC)cccc1OC. The molecule has 0 spiro atoms. The Hall–Kier alpha value is -7.32. The van der Waals surface area contributed by atoms with Crippen molar-refractivity contribution in [3.05, 3.63) is 71.3 Å². The highest BCUT2D eigenvalue weighted by atomic mass is 17.2. The van der Waals surface area contributed by atoms with Gasteiger partial charge in [0.2, 0.25) is 0 Å². The van der Waals surface area contributed by atoms with Crippen LogP contribution in [0, 0.1) is 5.41 Å². The first kappa shape index (κ1) is 45.1. The summed E-state index contributed by atoms with van der Waals surface area (Å²) in [6.45, 7) is -0.554. The fourth-order valence-electron chi connectivity index (χ4n) is 5.08. The van der Waals surface area contributed by atoms with E-state index in [1.807, 2.05) is 0 Å². The van der Waals surface area contributed by atoms with Gasteiger partial charge in [-0.2, -0.15) is 14.4 Å². The summed E-state index contributed by atoms with van der Waals surface area (Å²) >= 11 is 0. The summed E-state index contributed by atoms with van der Waals surface area (Å²) < 4.78 is 46.3. The van der Waals surface area contributed by atoms with Crippen molar-refractivity contribution in [1.29, 1.82) is 0 Å². The summed E-state index contributed by atoms with van der Waals surface area (Å²) in [6.07, 6.45) is -4.43. The fourth-order valence-corrected chi connectivity index (χ4v) is 5.08. The quantitative estimate of drug-likeness (QED) is 0.0696. The molecule has 3 rings (SSSR count). The molecule has 0 aliphatic rings. The number of hydrogen-bond donors (Lipinski definition) is 0. The molecular weight excluding hydrogens is 780 g/mol. The van der Waals surface area contributed by atoms with Crippen LogP contribution in [-0.2, 0) is 43.5 Å². The van der Waals surface area contributed by atoms with Gasteiger partial charge in [0, 0.05) is 0 Å². The van der Waals surface area contributed by atoms with Gasteiger partial charge in [0.1, 0.15) is 71.0 Å². The largest absolute Gasteiger partial charge is 0.549 e. The van der Waals surface area contributed by atoms with Crippen LogP contribution in [0.2, 0.25) is 0 Å². The van der Waals surface area contributed by atoms with Gasteiger partial charge in [-0.1, -0.05) is 31.5 Å². The van der Waals surface area contributed by atoms with Gasteiger partial charge in [0.05, 0.1) is 48.1 Å². The molecule has 3 aromatic rings. The van der Waals surface area contributed by atoms with Crippen molar-refractivity contribution in [1.82, 2.24) is 0 Å². The van der Waals surface area contributed by atoms with Crippen molar-refractivity contribution in [3.63, 3.8) is 0 Å². The average molecular weight is 821 g/mol. The Morgan fingerprint density at radius 2 is 0.655 bits per heavy atom. The zero-order chi connectivity index (χ0) is 42.7. The third-order valence-electron chi connectivity index (χ3n) is 7.72. The lowest BCUT2D eigenvalue weighted by Crippen LogP contribution is -2.40. The molecule has 0 bridgehead atoms. The van der Waals surface area contributed by atoms with Crippen molar-refractivity contribution in [2.45, 2.75) is 19.8 Å². The normalized spacial score (nSPS) is 10.4. The Labute approximate surface area is 330 Å². The third kappa shape index (κ3) is 12.1. The van der Waals surface area contributed by atoms with Crippen LogP contribution in [0.15, 0.2) is 54.6 Å². The molecule has 3 aromatic carbocycles. The number of benzene rings is 3. The number of rotatable bonds is 17. The molecule has 0 saturated heterocycles. The lowest BCUT2D eigenvalue weighted by Gasteiger charge is -2.30. The topological polar surface area (TPSA) is 241 Å². The molecule has 58 heavy (non-hydrogen) atoms. The van der Waals surface area contributed by atoms with Crippen molar-refractivity contribution < 1.29 is 101 Å². The van der Waals surface area contributed by atoms with Crippen molar-refractivity contribution in [2.75, 3.05) is 62.5 Å². The minimum Gasteiger partial charge on any atom is -0.496 e. The van der Waals surface area contributed by atoms with Crippen LogP contribution >= 0.6 is 0 Å². The Morgan fingerprint density at radius 3 is 0.862 bits per heavy atom. The van der Waals surface area contributed by atoms with E-state index < -0.39 is 61.6 Å². The van der Waals surface area contributed by atoms with Gasteiger partial charge in [-0.25, -0.2) is 43.7 Å². The molecule has 0 unspecified atom stereocenters. The zero-order valence-corrected chi connectivity index (χ0v) is 32.3. The van der Waals surface area contributed by atoms with Crippen LogP contribution < -0.4 is 28.4 Å². The highest BCUT2D eigenvalue weighted by Crippen LogP contribution is 2.32. The lowest BCUT2D eigenvalue weighted by atomic mass is 9.86. The molecule has 0 aromatic heterocycles. The van der Waals surface area contributed by atoms with Crippen LogP contribution in [0.5, 0.6) is 34.5 Å². The molecule has 314 valence electrons. The molecule has 0 atom stereocenters. The third-order valence-corrected chi connectivity index (χ3v) is 7.72. The number of carbonyl (C=O) groups is 6. The van der Waals surface area contributed by atoms with Gasteiger partial charge < -0.3 is 42.6 Å². The first-order valence-corrected chi connectivity index (χ1v) is 16.7. The van der Waals surface area contributed by atoms with Crippen molar-refractivity contribution in [2.24, 2.45) is 5.41 Å². The molecule has 0 aliphatic heterocycles. The smallest absolute Gasteiger partial charge is 0.496 e. The van der Waals surface area contributed by atoms with Crippen LogP contribution in [0.25, 0.3) is 0 Å². The zero-order valence-electron chi connectivity index (χ0n) is 32.3. The second-order valence-corrected chi connectivity index (χ2v) is 11.3. The first-order valence-electron chi connectivity index (χ1n) is 16.7. The van der Waals surface area contributed by atoms with E-state index >= 15 is 0 Å². The minimum atomic E-state index is -1.63. The van der Waals surface area contributed by atoms with E-state index in [9.17, 15) is 28.8 Å². The predicted molar refractivity (Wildman–Crippen MR) is 190 cm³/mol. The van der Waals surface area contributed by atoms with Crippen molar-refractivity contribution >= 4 is 36.4 Å². The number of methoxy groups -OCH3 is 6. The second kappa shape index (κ2) is 22.3. The van der Waals surface area contributed by atoms with Gasteiger partial charge in [0.25, 0.3) is 0 Å². The maximum Gasteiger partial charge on any atom is 0.549 e. The molecule has 21 heteroatoms. The number of hydrogen-bond acceptors (Lipinski definition) is 21. The summed E-state index contributed by atoms with van der Waals surface area (Å²) in [4.78, 5) is 104. The van der Waals surface area contributed by atoms with E-state index in [0.717, 1.165) is 0 Å². The van der Waals surface area contributed by atoms with Gasteiger partial charge >= 0.3 is 36.4 Å². The second-order valence-electron chi connectivity index (χ2n) is 11.3. The van der Waals surface area contributed by atoms with E-state index in [0.29, 0.717) is 0 Å². The van der Waals surface area contributed by atoms with Gasteiger partial charge in [-0.05, 0) is 42.8 Å². The van der Waals surface area contributed by atoms with Crippen LogP contribution in [0.3, 0.4) is 0 Å². The Morgan fingerprint density at radius 1 is 0.414 bits per heavy atom. The van der Waals surface area contributed by atoms with E-state index in [2.05, 4.69) is 29.3 Å². The standard InChI is InChI=1S/C37H40O21/c1-8-18-37(19-50-34(41)56-53-31(38)28-22(44-2)12-9-13-23(28)45-3,20-51-35(42)57-54-32(39)29-24(46-4)14-10-15-25(29)47-5)21-52-36(43)58-55-33(40)30-26(48-6)16-11-17-27(30)49-7/h9-17H,8,18-21H2,1-7H3. The molecule has 0 saturated carbocycles. The molecule has 0 fully saturated rings. The molecule has 0 radical (unpaired) electrons. The molecule has 0 heterocycles. The van der Waals surface area contributed by atoms with Crippen LogP contribution in [0.4, 0.5) is 14.4 Å².